The summed E-state index contributed by atoms with van der Waals surface area (Å²) in [5.41, 5.74) is 2.11. The first-order valence-corrected chi connectivity index (χ1v) is 11.7. The van der Waals surface area contributed by atoms with Crippen LogP contribution < -0.4 is 20.4 Å². The van der Waals surface area contributed by atoms with E-state index >= 15 is 0 Å². The number of nitrogens with zero attached hydrogens (tertiary/aromatic N) is 1. The lowest BCUT2D eigenvalue weighted by molar-refractivity contribution is -0.123. The maximum absolute atomic E-state index is 12.5. The van der Waals surface area contributed by atoms with E-state index in [1.807, 2.05) is 64.3 Å². The minimum Gasteiger partial charge on any atom is -0.487 e. The second kappa shape index (κ2) is 9.89. The van der Waals surface area contributed by atoms with Gasteiger partial charge in [0, 0.05) is 29.8 Å². The Hall–Kier alpha value is -3.32. The first kappa shape index (κ1) is 23.8. The van der Waals surface area contributed by atoms with Crippen molar-refractivity contribution in [3.05, 3.63) is 58.4 Å². The third-order valence-corrected chi connectivity index (χ3v) is 5.95. The maximum Gasteiger partial charge on any atom is 0.336 e. The zero-order valence-corrected chi connectivity index (χ0v) is 20.3. The molecule has 1 aliphatic heterocycles. The quantitative estimate of drug-likeness (QED) is 0.401. The molecule has 2 aromatic carbocycles. The topological polar surface area (TPSA) is 81.0 Å². The largest absolute Gasteiger partial charge is 0.487 e. The first-order chi connectivity index (χ1) is 16.2. The average molecular weight is 465 g/mol. The lowest BCUT2D eigenvalue weighted by atomic mass is 9.91. The number of nitrogens with one attached hydrogen (secondary N) is 1. The monoisotopic (exact) mass is 464 g/mol. The average Bonchev–Trinajstić information content (AvgIpc) is 2.79. The van der Waals surface area contributed by atoms with Crippen molar-refractivity contribution >= 4 is 16.9 Å². The standard InChI is InChI=1S/C27H32N2O5/c1-27(2)12-11-19-21(34-27)16-22(32-17-23(30)28-13-8-14-29(3)4)25-20(15-24(31)33-26(19)25)18-9-6-5-7-10-18/h5-7,9-10,15-16H,8,11-14,17H2,1-4H3,(H,28,30). The molecule has 7 heteroatoms. The van der Waals surface area contributed by atoms with Crippen molar-refractivity contribution in [1.82, 2.24) is 10.2 Å². The van der Waals surface area contributed by atoms with Crippen LogP contribution in [0.25, 0.3) is 22.1 Å². The molecule has 0 radical (unpaired) electrons. The molecule has 0 saturated carbocycles. The molecule has 1 aromatic heterocycles. The molecule has 34 heavy (non-hydrogen) atoms. The Labute approximate surface area is 199 Å². The van der Waals surface area contributed by atoms with Crippen molar-refractivity contribution in [2.24, 2.45) is 0 Å². The molecule has 0 spiro atoms. The van der Waals surface area contributed by atoms with Gasteiger partial charge in [-0.25, -0.2) is 4.79 Å². The third-order valence-electron chi connectivity index (χ3n) is 5.95. The van der Waals surface area contributed by atoms with Crippen LogP contribution in [-0.4, -0.2) is 50.2 Å². The van der Waals surface area contributed by atoms with Gasteiger partial charge in [0.25, 0.3) is 5.91 Å². The molecule has 2 heterocycles. The minimum absolute atomic E-state index is 0.146. The van der Waals surface area contributed by atoms with Gasteiger partial charge in [-0.1, -0.05) is 30.3 Å². The van der Waals surface area contributed by atoms with E-state index < -0.39 is 5.63 Å². The Morgan fingerprint density at radius 1 is 1.18 bits per heavy atom. The van der Waals surface area contributed by atoms with Gasteiger partial charge in [0.1, 0.15) is 22.7 Å². The van der Waals surface area contributed by atoms with Crippen LogP contribution in [-0.2, 0) is 11.2 Å². The number of carbonyl (C=O) groups excluding carboxylic acids is 1. The Bertz CT molecular complexity index is 1230. The van der Waals surface area contributed by atoms with Crippen molar-refractivity contribution < 1.29 is 18.7 Å². The van der Waals surface area contributed by atoms with E-state index in [1.165, 1.54) is 6.07 Å². The van der Waals surface area contributed by atoms with Crippen LogP contribution in [0.2, 0.25) is 0 Å². The summed E-state index contributed by atoms with van der Waals surface area (Å²) in [5.74, 6) is 0.875. The van der Waals surface area contributed by atoms with Gasteiger partial charge < -0.3 is 24.1 Å². The second-order valence-electron chi connectivity index (χ2n) is 9.56. The van der Waals surface area contributed by atoms with Gasteiger partial charge in [0.05, 0.1) is 5.39 Å². The zero-order valence-electron chi connectivity index (χ0n) is 20.3. The van der Waals surface area contributed by atoms with Crippen LogP contribution in [0.3, 0.4) is 0 Å². The lowest BCUT2D eigenvalue weighted by Gasteiger charge is -2.33. The molecule has 4 rings (SSSR count). The van der Waals surface area contributed by atoms with Crippen LogP contribution in [0.1, 0.15) is 32.3 Å². The van der Waals surface area contributed by atoms with Gasteiger partial charge >= 0.3 is 5.63 Å². The molecule has 0 atom stereocenters. The van der Waals surface area contributed by atoms with Crippen LogP contribution in [0, 0.1) is 0 Å². The van der Waals surface area contributed by atoms with E-state index in [0.717, 1.165) is 30.5 Å². The molecule has 1 N–H and O–H groups in total. The van der Waals surface area contributed by atoms with Crippen molar-refractivity contribution in [3.8, 4) is 22.6 Å². The molecule has 1 aliphatic rings. The summed E-state index contributed by atoms with van der Waals surface area (Å²) < 4.78 is 18.0. The Kier molecular flexibility index (Phi) is 6.93. The first-order valence-electron chi connectivity index (χ1n) is 11.7. The molecule has 3 aromatic rings. The van der Waals surface area contributed by atoms with Crippen molar-refractivity contribution in [2.75, 3.05) is 33.8 Å². The van der Waals surface area contributed by atoms with Gasteiger partial charge in [-0.3, -0.25) is 4.79 Å². The highest BCUT2D eigenvalue weighted by atomic mass is 16.5. The van der Waals surface area contributed by atoms with Gasteiger partial charge in [-0.15, -0.1) is 0 Å². The number of aryl methyl sites for hydroxylation is 1. The van der Waals surface area contributed by atoms with Crippen LogP contribution >= 0.6 is 0 Å². The molecule has 180 valence electrons. The summed E-state index contributed by atoms with van der Waals surface area (Å²) in [6.07, 6.45) is 2.36. The minimum atomic E-state index is -0.436. The molecule has 7 nitrogen and oxygen atoms in total. The maximum atomic E-state index is 12.5. The molecule has 0 unspecified atom stereocenters. The van der Waals surface area contributed by atoms with Gasteiger partial charge in [-0.05, 0) is 59.3 Å². The molecular weight excluding hydrogens is 432 g/mol. The van der Waals surface area contributed by atoms with Crippen molar-refractivity contribution in [3.63, 3.8) is 0 Å². The fraction of sp³-hybridized carbons (Fsp3) is 0.407. The SMILES string of the molecule is CN(C)CCCNC(=O)COc1cc2c(c3oc(=O)cc(-c4ccccc4)c13)CCC(C)(C)O2. The Morgan fingerprint density at radius 2 is 1.94 bits per heavy atom. The summed E-state index contributed by atoms with van der Waals surface area (Å²) >= 11 is 0. The number of ether oxygens (including phenoxy) is 2. The number of fused-ring (bicyclic) bond motifs is 3. The highest BCUT2D eigenvalue weighted by Gasteiger charge is 2.31. The number of hydrogen-bond donors (Lipinski definition) is 1. The summed E-state index contributed by atoms with van der Waals surface area (Å²) in [4.78, 5) is 27.1. The fourth-order valence-corrected chi connectivity index (χ4v) is 4.22. The summed E-state index contributed by atoms with van der Waals surface area (Å²) in [6, 6.07) is 12.9. The fourth-order valence-electron chi connectivity index (χ4n) is 4.22. The number of rotatable bonds is 8. The normalized spacial score (nSPS) is 14.5. The highest BCUT2D eigenvalue weighted by molar-refractivity contribution is 6.00. The van der Waals surface area contributed by atoms with E-state index in [9.17, 15) is 9.59 Å². The van der Waals surface area contributed by atoms with Gasteiger partial charge in [0.2, 0.25) is 0 Å². The number of hydrogen-bond acceptors (Lipinski definition) is 6. The molecule has 0 fully saturated rings. The van der Waals surface area contributed by atoms with Crippen molar-refractivity contribution in [1.29, 1.82) is 0 Å². The number of carbonyl (C=O) groups is 1. The zero-order chi connectivity index (χ0) is 24.3. The van der Waals surface area contributed by atoms with E-state index in [0.29, 0.717) is 41.0 Å². The van der Waals surface area contributed by atoms with Crippen molar-refractivity contribution in [2.45, 2.75) is 38.7 Å². The predicted molar refractivity (Wildman–Crippen MR) is 133 cm³/mol. The Morgan fingerprint density at radius 3 is 2.68 bits per heavy atom. The summed E-state index contributed by atoms with van der Waals surface area (Å²) in [5, 5.41) is 3.57. The predicted octanol–water partition coefficient (Wildman–Crippen LogP) is 4.01. The third kappa shape index (κ3) is 5.42. The summed E-state index contributed by atoms with van der Waals surface area (Å²) in [6.45, 7) is 5.37. The smallest absolute Gasteiger partial charge is 0.336 e. The van der Waals surface area contributed by atoms with E-state index in [-0.39, 0.29) is 18.1 Å². The molecule has 0 aliphatic carbocycles. The summed E-state index contributed by atoms with van der Waals surface area (Å²) in [7, 11) is 4.00. The second-order valence-corrected chi connectivity index (χ2v) is 9.56. The van der Waals surface area contributed by atoms with Gasteiger partial charge in [0.15, 0.2) is 6.61 Å². The number of amides is 1. The molecule has 1 amide bonds. The van der Waals surface area contributed by atoms with E-state index in [1.54, 1.807) is 0 Å². The Balaban J connectivity index is 1.72. The molecule has 0 saturated heterocycles. The highest BCUT2D eigenvalue weighted by Crippen LogP contribution is 2.44. The number of benzene rings is 2. The van der Waals surface area contributed by atoms with Crippen LogP contribution in [0.15, 0.2) is 51.7 Å². The van der Waals surface area contributed by atoms with E-state index in [2.05, 4.69) is 10.2 Å². The van der Waals surface area contributed by atoms with Crippen LogP contribution in [0.4, 0.5) is 0 Å². The molecular formula is C27H32N2O5. The van der Waals surface area contributed by atoms with Crippen LogP contribution in [0.5, 0.6) is 11.5 Å². The lowest BCUT2D eigenvalue weighted by Crippen LogP contribution is -2.33. The van der Waals surface area contributed by atoms with Gasteiger partial charge in [-0.2, -0.15) is 0 Å². The van der Waals surface area contributed by atoms with E-state index in [4.69, 9.17) is 13.9 Å². The molecule has 0 bridgehead atoms.